The number of thiazole rings is 1. The van der Waals surface area contributed by atoms with E-state index in [0.717, 1.165) is 20.9 Å². The Labute approximate surface area is 146 Å². The molecule has 2 N–H and O–H groups in total. The van der Waals surface area contributed by atoms with Crippen molar-refractivity contribution in [2.45, 2.75) is 4.90 Å². The second-order valence-electron chi connectivity index (χ2n) is 4.77. The molecule has 0 unspecified atom stereocenters. The van der Waals surface area contributed by atoms with Crippen LogP contribution in [-0.2, 0) is 4.79 Å². The van der Waals surface area contributed by atoms with Gasteiger partial charge in [-0.25, -0.2) is 9.37 Å². The van der Waals surface area contributed by atoms with Crippen LogP contribution in [0, 0.1) is 5.82 Å². The highest BCUT2D eigenvalue weighted by Gasteiger charge is 2.07. The van der Waals surface area contributed by atoms with Crippen molar-refractivity contribution in [3.05, 3.63) is 48.3 Å². The average molecular weight is 363 g/mol. The van der Waals surface area contributed by atoms with Crippen LogP contribution >= 0.6 is 23.1 Å². The molecule has 0 spiro atoms. The van der Waals surface area contributed by atoms with Crippen molar-refractivity contribution < 1.29 is 13.9 Å². The zero-order valence-electron chi connectivity index (χ0n) is 12.7. The molecule has 0 fully saturated rings. The number of hydrazine groups is 1. The zero-order valence-corrected chi connectivity index (χ0v) is 14.3. The van der Waals surface area contributed by atoms with Crippen molar-refractivity contribution in [2.75, 3.05) is 18.3 Å². The van der Waals surface area contributed by atoms with Crippen LogP contribution in [0.5, 0.6) is 5.75 Å². The maximum atomic E-state index is 12.8. The van der Waals surface area contributed by atoms with E-state index in [-0.39, 0.29) is 17.5 Å². The lowest BCUT2D eigenvalue weighted by Gasteiger charge is -2.05. The molecule has 8 heteroatoms. The predicted octanol–water partition coefficient (Wildman–Crippen LogP) is 3.68. The molecule has 0 atom stereocenters. The number of benzene rings is 2. The monoisotopic (exact) mass is 363 g/mol. The molecule has 0 radical (unpaired) electrons. The summed E-state index contributed by atoms with van der Waals surface area (Å²) in [5, 5.41) is 0.596. The molecule has 3 aromatic rings. The summed E-state index contributed by atoms with van der Waals surface area (Å²) in [5.41, 5.74) is 6.25. The number of carbonyl (C=O) groups excluding carboxylic acids is 1. The minimum Gasteiger partial charge on any atom is -0.497 e. The van der Waals surface area contributed by atoms with Gasteiger partial charge in [-0.2, -0.15) is 0 Å². The van der Waals surface area contributed by atoms with Gasteiger partial charge in [-0.1, -0.05) is 11.3 Å². The normalized spacial score (nSPS) is 10.6. The van der Waals surface area contributed by atoms with Gasteiger partial charge in [0.05, 0.1) is 23.1 Å². The number of thioether (sulfide) groups is 1. The molecule has 0 aliphatic rings. The number of rotatable bonds is 6. The maximum Gasteiger partial charge on any atom is 0.248 e. The van der Waals surface area contributed by atoms with Crippen molar-refractivity contribution in [3.8, 4) is 5.75 Å². The fourth-order valence-corrected chi connectivity index (χ4v) is 3.47. The third kappa shape index (κ3) is 4.15. The van der Waals surface area contributed by atoms with Crippen molar-refractivity contribution in [2.24, 2.45) is 0 Å². The van der Waals surface area contributed by atoms with Crippen LogP contribution in [0.25, 0.3) is 10.2 Å². The summed E-state index contributed by atoms with van der Waals surface area (Å²) in [6.07, 6.45) is 0. The van der Waals surface area contributed by atoms with E-state index in [1.807, 2.05) is 18.2 Å². The molecule has 0 saturated heterocycles. The quantitative estimate of drug-likeness (QED) is 0.517. The van der Waals surface area contributed by atoms with Crippen LogP contribution in [0.15, 0.2) is 47.4 Å². The number of nitrogens with one attached hydrogen (secondary N) is 2. The highest BCUT2D eigenvalue weighted by molar-refractivity contribution is 8.00. The molecule has 1 aromatic heterocycles. The van der Waals surface area contributed by atoms with E-state index in [0.29, 0.717) is 5.13 Å². The van der Waals surface area contributed by atoms with Crippen molar-refractivity contribution in [1.29, 1.82) is 0 Å². The Bertz CT molecular complexity index is 852. The second kappa shape index (κ2) is 7.50. The summed E-state index contributed by atoms with van der Waals surface area (Å²) in [6.45, 7) is 0. The van der Waals surface area contributed by atoms with Crippen molar-refractivity contribution in [1.82, 2.24) is 10.4 Å². The SMILES string of the molecule is COc1ccc2nc(NNC(=O)CSc3ccc(F)cc3)sc2c1. The molecule has 5 nitrogen and oxygen atoms in total. The van der Waals surface area contributed by atoms with Gasteiger partial charge >= 0.3 is 0 Å². The standard InChI is InChI=1S/C16H14FN3O2S2/c1-22-11-4-7-13-14(8-11)24-16(18-13)20-19-15(21)9-23-12-5-2-10(17)3-6-12/h2-8H,9H2,1H3,(H,18,20)(H,19,21). The van der Waals surface area contributed by atoms with Gasteiger partial charge in [0, 0.05) is 4.90 Å². The molecule has 0 saturated carbocycles. The van der Waals surface area contributed by atoms with E-state index in [1.54, 1.807) is 19.2 Å². The molecule has 2 aromatic carbocycles. The fourth-order valence-electron chi connectivity index (χ4n) is 1.92. The summed E-state index contributed by atoms with van der Waals surface area (Å²) < 4.78 is 19.0. The van der Waals surface area contributed by atoms with Crippen LogP contribution < -0.4 is 15.6 Å². The Hall–Kier alpha value is -2.32. The van der Waals surface area contributed by atoms with E-state index < -0.39 is 0 Å². The third-order valence-electron chi connectivity index (χ3n) is 3.09. The number of hydrogen-bond acceptors (Lipinski definition) is 6. The minimum absolute atomic E-state index is 0.193. The first-order chi connectivity index (χ1) is 11.6. The number of ether oxygens (including phenoxy) is 1. The zero-order chi connectivity index (χ0) is 16.9. The highest BCUT2D eigenvalue weighted by atomic mass is 32.2. The first-order valence-corrected chi connectivity index (χ1v) is 8.82. The summed E-state index contributed by atoms with van der Waals surface area (Å²) >= 11 is 2.75. The number of halogens is 1. The summed E-state index contributed by atoms with van der Waals surface area (Å²) in [4.78, 5) is 17.1. The van der Waals surface area contributed by atoms with Gasteiger partial charge in [0.1, 0.15) is 11.6 Å². The van der Waals surface area contributed by atoms with Gasteiger partial charge in [-0.05, 0) is 42.5 Å². The molecule has 0 aliphatic heterocycles. The summed E-state index contributed by atoms with van der Waals surface area (Å²) in [7, 11) is 1.61. The number of amides is 1. The molecular weight excluding hydrogens is 349 g/mol. The molecule has 124 valence electrons. The van der Waals surface area contributed by atoms with Gasteiger partial charge in [0.2, 0.25) is 11.0 Å². The third-order valence-corrected chi connectivity index (χ3v) is 5.03. The molecular formula is C16H14FN3O2S2. The van der Waals surface area contributed by atoms with Gasteiger partial charge in [-0.3, -0.25) is 15.6 Å². The van der Waals surface area contributed by atoms with E-state index >= 15 is 0 Å². The van der Waals surface area contributed by atoms with Gasteiger partial charge in [0.25, 0.3) is 0 Å². The molecule has 3 rings (SSSR count). The van der Waals surface area contributed by atoms with Crippen LogP contribution in [0.4, 0.5) is 9.52 Å². The number of fused-ring (bicyclic) bond motifs is 1. The molecule has 24 heavy (non-hydrogen) atoms. The maximum absolute atomic E-state index is 12.8. The summed E-state index contributed by atoms with van der Waals surface area (Å²) in [6, 6.07) is 11.6. The van der Waals surface area contributed by atoms with Crippen molar-refractivity contribution in [3.63, 3.8) is 0 Å². The first-order valence-electron chi connectivity index (χ1n) is 7.02. The minimum atomic E-state index is -0.294. The number of methoxy groups -OCH3 is 1. The lowest BCUT2D eigenvalue weighted by atomic mass is 10.3. The van der Waals surface area contributed by atoms with Crippen LogP contribution in [0.3, 0.4) is 0 Å². The van der Waals surface area contributed by atoms with Gasteiger partial charge in [0.15, 0.2) is 0 Å². The Morgan fingerprint density at radius 3 is 2.83 bits per heavy atom. The first kappa shape index (κ1) is 16.5. The lowest BCUT2D eigenvalue weighted by Crippen LogP contribution is -2.30. The van der Waals surface area contributed by atoms with E-state index in [1.165, 1.54) is 35.2 Å². The Kier molecular flexibility index (Phi) is 5.17. The van der Waals surface area contributed by atoms with Gasteiger partial charge in [-0.15, -0.1) is 11.8 Å². The number of carbonyl (C=O) groups is 1. The lowest BCUT2D eigenvalue weighted by molar-refractivity contribution is -0.118. The van der Waals surface area contributed by atoms with Crippen LogP contribution in [-0.4, -0.2) is 23.8 Å². The highest BCUT2D eigenvalue weighted by Crippen LogP contribution is 2.28. The van der Waals surface area contributed by atoms with Crippen LogP contribution in [0.2, 0.25) is 0 Å². The number of nitrogens with zero attached hydrogens (tertiary/aromatic N) is 1. The number of aromatic nitrogens is 1. The van der Waals surface area contributed by atoms with E-state index in [2.05, 4.69) is 15.8 Å². The number of hydrogen-bond donors (Lipinski definition) is 2. The molecule has 1 amide bonds. The Morgan fingerprint density at radius 1 is 1.29 bits per heavy atom. The molecule has 0 bridgehead atoms. The van der Waals surface area contributed by atoms with E-state index in [9.17, 15) is 9.18 Å². The van der Waals surface area contributed by atoms with E-state index in [4.69, 9.17) is 4.74 Å². The smallest absolute Gasteiger partial charge is 0.248 e. The van der Waals surface area contributed by atoms with Crippen LogP contribution in [0.1, 0.15) is 0 Å². The molecule has 1 heterocycles. The Balaban J connectivity index is 1.53. The topological polar surface area (TPSA) is 63.2 Å². The summed E-state index contributed by atoms with van der Waals surface area (Å²) in [5.74, 6) is 0.494. The second-order valence-corrected chi connectivity index (χ2v) is 6.85. The largest absolute Gasteiger partial charge is 0.497 e. The predicted molar refractivity (Wildman–Crippen MR) is 95.1 cm³/mol. The fraction of sp³-hybridized carbons (Fsp3) is 0.125. The number of anilines is 1. The van der Waals surface area contributed by atoms with Crippen molar-refractivity contribution >= 4 is 44.4 Å². The average Bonchev–Trinajstić information content (AvgIpc) is 3.01. The molecule has 0 aliphatic carbocycles. The Morgan fingerprint density at radius 2 is 2.08 bits per heavy atom. The van der Waals surface area contributed by atoms with Gasteiger partial charge < -0.3 is 4.74 Å².